The molecule has 1 aromatic heterocycles. The van der Waals surface area contributed by atoms with Crippen LogP contribution in [0.25, 0.3) is 5.70 Å². The quantitative estimate of drug-likeness (QED) is 0.787. The first-order valence-electron chi connectivity index (χ1n) is 6.49. The summed E-state index contributed by atoms with van der Waals surface area (Å²) in [5.74, 6) is -2.41. The van der Waals surface area contributed by atoms with Gasteiger partial charge in [-0.25, -0.2) is 8.78 Å². The van der Waals surface area contributed by atoms with Crippen molar-refractivity contribution >= 4 is 17.0 Å². The number of hydrogen-bond donors (Lipinski definition) is 1. The smallest absolute Gasteiger partial charge is 0.248 e. The average molecular weight is 269 g/mol. The summed E-state index contributed by atoms with van der Waals surface area (Å²) in [6.45, 7) is 1.99. The molecule has 1 aliphatic carbocycles. The highest BCUT2D eigenvalue weighted by atomic mass is 32.1. The number of fused-ring (bicyclic) bond motifs is 1. The molecule has 4 heteroatoms. The first kappa shape index (κ1) is 12.2. The highest BCUT2D eigenvalue weighted by Gasteiger charge is 2.42. The van der Waals surface area contributed by atoms with Crippen molar-refractivity contribution < 1.29 is 8.78 Å². The van der Waals surface area contributed by atoms with Gasteiger partial charge in [-0.1, -0.05) is 6.08 Å². The molecule has 18 heavy (non-hydrogen) atoms. The Morgan fingerprint density at radius 1 is 1.50 bits per heavy atom. The van der Waals surface area contributed by atoms with Gasteiger partial charge in [-0.05, 0) is 37.1 Å². The zero-order valence-corrected chi connectivity index (χ0v) is 11.2. The van der Waals surface area contributed by atoms with Gasteiger partial charge in [0.05, 0.1) is 6.04 Å². The number of thiophene rings is 1. The molecule has 3 rings (SSSR count). The van der Waals surface area contributed by atoms with Crippen molar-refractivity contribution in [3.63, 3.8) is 0 Å². The molecule has 2 atom stereocenters. The van der Waals surface area contributed by atoms with Crippen LogP contribution in [0.2, 0.25) is 0 Å². The highest BCUT2D eigenvalue weighted by molar-refractivity contribution is 7.10. The maximum Gasteiger partial charge on any atom is 0.248 e. The third kappa shape index (κ3) is 1.96. The van der Waals surface area contributed by atoms with Crippen molar-refractivity contribution in [3.8, 4) is 0 Å². The van der Waals surface area contributed by atoms with E-state index in [2.05, 4.69) is 16.8 Å². The van der Waals surface area contributed by atoms with E-state index < -0.39 is 5.92 Å². The van der Waals surface area contributed by atoms with Crippen LogP contribution < -0.4 is 5.32 Å². The molecule has 0 radical (unpaired) electrons. The number of alkyl halides is 2. The first-order chi connectivity index (χ1) is 8.61. The number of rotatable bonds is 1. The van der Waals surface area contributed by atoms with Crippen molar-refractivity contribution in [1.29, 1.82) is 0 Å². The van der Waals surface area contributed by atoms with E-state index in [-0.39, 0.29) is 24.8 Å². The SMILES string of the molecule is C/C=C1\N[C@H]([C@@H]2CCCC(F)(F)C2)c2sccc21. The van der Waals surface area contributed by atoms with Gasteiger partial charge in [-0.15, -0.1) is 11.3 Å². The second-order valence-electron chi connectivity index (χ2n) is 5.24. The Kier molecular flexibility index (Phi) is 2.93. The van der Waals surface area contributed by atoms with Crippen LogP contribution in [0.15, 0.2) is 17.5 Å². The molecule has 1 nitrogen and oxygen atoms in total. The Hall–Kier alpha value is -0.900. The maximum absolute atomic E-state index is 13.5. The van der Waals surface area contributed by atoms with Crippen LogP contribution in [0.3, 0.4) is 0 Å². The molecule has 0 bridgehead atoms. The Bertz CT molecular complexity index is 478. The molecule has 0 amide bonds. The predicted octanol–water partition coefficient (Wildman–Crippen LogP) is 4.58. The molecular formula is C14H17F2NS. The molecule has 0 spiro atoms. The van der Waals surface area contributed by atoms with Crippen LogP contribution in [0.5, 0.6) is 0 Å². The van der Waals surface area contributed by atoms with E-state index in [1.54, 1.807) is 11.3 Å². The van der Waals surface area contributed by atoms with Gasteiger partial charge in [0.25, 0.3) is 0 Å². The van der Waals surface area contributed by atoms with Crippen LogP contribution in [0, 0.1) is 5.92 Å². The van der Waals surface area contributed by atoms with E-state index in [0.717, 1.165) is 12.1 Å². The molecule has 0 unspecified atom stereocenters. The summed E-state index contributed by atoms with van der Waals surface area (Å²) in [5, 5.41) is 5.49. The summed E-state index contributed by atoms with van der Waals surface area (Å²) < 4.78 is 27.1. The minimum atomic E-state index is -2.47. The Morgan fingerprint density at radius 2 is 2.33 bits per heavy atom. The van der Waals surface area contributed by atoms with Crippen molar-refractivity contribution in [2.75, 3.05) is 0 Å². The summed E-state index contributed by atoms with van der Waals surface area (Å²) in [4.78, 5) is 1.24. The van der Waals surface area contributed by atoms with Crippen LogP contribution in [0.1, 0.15) is 49.1 Å². The molecule has 1 aliphatic heterocycles. The topological polar surface area (TPSA) is 12.0 Å². The largest absolute Gasteiger partial charge is 0.377 e. The van der Waals surface area contributed by atoms with Gasteiger partial charge in [-0.3, -0.25) is 0 Å². The maximum atomic E-state index is 13.5. The highest BCUT2D eigenvalue weighted by Crippen LogP contribution is 2.47. The van der Waals surface area contributed by atoms with E-state index in [1.807, 2.05) is 13.0 Å². The standard InChI is InChI=1S/C14H17F2NS/c1-2-11-10-5-7-18-13(10)12(17-11)9-4-3-6-14(15,16)8-9/h2,5,7,9,12,17H,3-4,6,8H2,1H3/b11-2-/t9-,12-/m1/s1. The van der Waals surface area contributed by atoms with E-state index in [4.69, 9.17) is 0 Å². The van der Waals surface area contributed by atoms with Gasteiger partial charge in [0, 0.05) is 29.0 Å². The minimum Gasteiger partial charge on any atom is -0.377 e. The lowest BCUT2D eigenvalue weighted by Crippen LogP contribution is -2.32. The third-order valence-electron chi connectivity index (χ3n) is 4.02. The van der Waals surface area contributed by atoms with Crippen LogP contribution >= 0.6 is 11.3 Å². The first-order valence-corrected chi connectivity index (χ1v) is 7.37. The Morgan fingerprint density at radius 3 is 3.06 bits per heavy atom. The van der Waals surface area contributed by atoms with Gasteiger partial charge in [-0.2, -0.15) is 0 Å². The molecule has 1 saturated carbocycles. The van der Waals surface area contributed by atoms with E-state index in [9.17, 15) is 8.78 Å². The minimum absolute atomic E-state index is 0.0268. The number of nitrogens with one attached hydrogen (secondary N) is 1. The van der Waals surface area contributed by atoms with Crippen molar-refractivity contribution in [2.24, 2.45) is 5.92 Å². The second-order valence-corrected chi connectivity index (χ2v) is 6.18. The number of hydrogen-bond acceptors (Lipinski definition) is 2. The summed E-state index contributed by atoms with van der Waals surface area (Å²) in [5.41, 5.74) is 2.31. The molecular weight excluding hydrogens is 252 g/mol. The van der Waals surface area contributed by atoms with Gasteiger partial charge in [0.15, 0.2) is 0 Å². The molecule has 1 aromatic rings. The fourth-order valence-corrected chi connectivity index (χ4v) is 4.21. The normalized spacial score (nSPS) is 32.3. The predicted molar refractivity (Wildman–Crippen MR) is 70.8 cm³/mol. The van der Waals surface area contributed by atoms with Gasteiger partial charge in [0.1, 0.15) is 0 Å². The Balaban J connectivity index is 1.87. The number of halogens is 2. The summed E-state index contributed by atoms with van der Waals surface area (Å²) in [7, 11) is 0. The molecule has 0 saturated heterocycles. The zero-order valence-electron chi connectivity index (χ0n) is 10.4. The number of allylic oxidation sites excluding steroid dienone is 1. The summed E-state index contributed by atoms with van der Waals surface area (Å²) in [6.07, 6.45) is 3.67. The Labute approximate surface area is 110 Å². The van der Waals surface area contributed by atoms with Crippen LogP contribution in [-0.2, 0) is 0 Å². The molecule has 2 aliphatic rings. The average Bonchev–Trinajstić information content (AvgIpc) is 2.88. The van der Waals surface area contributed by atoms with Gasteiger partial charge < -0.3 is 5.32 Å². The third-order valence-corrected chi connectivity index (χ3v) is 5.02. The zero-order chi connectivity index (χ0) is 12.8. The fourth-order valence-electron chi connectivity index (χ4n) is 3.16. The van der Waals surface area contributed by atoms with Gasteiger partial charge in [0.2, 0.25) is 5.92 Å². The van der Waals surface area contributed by atoms with E-state index in [0.29, 0.717) is 6.42 Å². The van der Waals surface area contributed by atoms with Crippen molar-refractivity contribution in [1.82, 2.24) is 5.32 Å². The lowest BCUT2D eigenvalue weighted by Gasteiger charge is -2.32. The lowest BCUT2D eigenvalue weighted by molar-refractivity contribution is -0.0570. The van der Waals surface area contributed by atoms with Gasteiger partial charge >= 0.3 is 0 Å². The monoisotopic (exact) mass is 269 g/mol. The fraction of sp³-hybridized carbons (Fsp3) is 0.571. The van der Waals surface area contributed by atoms with E-state index >= 15 is 0 Å². The van der Waals surface area contributed by atoms with Crippen LogP contribution in [0.4, 0.5) is 8.78 Å². The molecule has 1 fully saturated rings. The van der Waals surface area contributed by atoms with Crippen LogP contribution in [-0.4, -0.2) is 5.92 Å². The van der Waals surface area contributed by atoms with Crippen molar-refractivity contribution in [3.05, 3.63) is 28.0 Å². The summed E-state index contributed by atoms with van der Waals surface area (Å²) >= 11 is 1.68. The molecule has 98 valence electrons. The van der Waals surface area contributed by atoms with Crippen molar-refractivity contribution in [2.45, 2.75) is 44.6 Å². The van der Waals surface area contributed by atoms with E-state index in [1.165, 1.54) is 10.4 Å². The lowest BCUT2D eigenvalue weighted by atomic mass is 9.81. The summed E-state index contributed by atoms with van der Waals surface area (Å²) in [6, 6.07) is 2.18. The second kappa shape index (κ2) is 4.34. The molecule has 0 aromatic carbocycles. The molecule has 2 heterocycles. The molecule has 1 N–H and O–H groups in total.